The molecule has 1 fully saturated rings. The number of carbonyl (C=O) groups is 2. The van der Waals surface area contributed by atoms with Gasteiger partial charge in [-0.25, -0.2) is 9.78 Å². The van der Waals surface area contributed by atoms with Crippen LogP contribution in [0, 0.1) is 0 Å². The fraction of sp³-hybridized carbons (Fsp3) is 0.458. The molecule has 1 aliphatic rings. The van der Waals surface area contributed by atoms with Crippen molar-refractivity contribution >= 4 is 17.4 Å². The van der Waals surface area contributed by atoms with Crippen LogP contribution in [0.1, 0.15) is 44.2 Å². The second kappa shape index (κ2) is 10.5. The third-order valence-corrected chi connectivity index (χ3v) is 5.89. The normalized spacial score (nSPS) is 14.9. The second-order valence-electron chi connectivity index (χ2n) is 8.91. The molecule has 0 saturated carbocycles. The molecule has 0 atom stereocenters. The van der Waals surface area contributed by atoms with Crippen molar-refractivity contribution in [1.29, 1.82) is 0 Å². The molecule has 1 aliphatic heterocycles. The summed E-state index contributed by atoms with van der Waals surface area (Å²) in [5.41, 5.74) is 2.44. The van der Waals surface area contributed by atoms with Gasteiger partial charge in [0.15, 0.2) is 5.69 Å². The molecule has 190 valence electrons. The summed E-state index contributed by atoms with van der Waals surface area (Å²) in [6.07, 6.45) is 1.07. The number of piperazine rings is 1. The zero-order valence-corrected chi connectivity index (χ0v) is 20.2. The highest BCUT2D eigenvalue weighted by atomic mass is 19.4. The van der Waals surface area contributed by atoms with E-state index in [9.17, 15) is 18.0 Å². The molecule has 3 aromatic heterocycles. The Morgan fingerprint density at radius 2 is 1.60 bits per heavy atom. The van der Waals surface area contributed by atoms with E-state index in [4.69, 9.17) is 14.9 Å². The Kier molecular flexibility index (Phi) is 7.89. The number of carboxylic acid groups (broad SMARTS) is 1. The molecule has 0 bridgehead atoms. The number of aliphatic carboxylic acids is 1. The minimum absolute atomic E-state index is 0.0293. The molecule has 0 aromatic carbocycles. The molecule has 1 N–H and O–H groups in total. The number of aromatic nitrogens is 3. The van der Waals surface area contributed by atoms with Crippen molar-refractivity contribution in [3.63, 3.8) is 0 Å². The zero-order chi connectivity index (χ0) is 25.9. The van der Waals surface area contributed by atoms with Gasteiger partial charge in [0, 0.05) is 62.4 Å². The first kappa shape index (κ1) is 26.3. The quantitative estimate of drug-likeness (QED) is 0.590. The van der Waals surface area contributed by atoms with Crippen molar-refractivity contribution in [3.05, 3.63) is 48.5 Å². The molecule has 11 heteroatoms. The highest BCUT2D eigenvalue weighted by molar-refractivity contribution is 6.00. The second-order valence-corrected chi connectivity index (χ2v) is 8.91. The van der Waals surface area contributed by atoms with E-state index < -0.39 is 12.1 Å². The number of rotatable bonds is 4. The standard InChI is InChI=1S/C22H29N5O.C2HF3O2/c1-16(2)24-11-13-25(14-12-24)22(28)20-19-7-5-6-9-27(19)21(23-20)18-8-10-26(15-18)17(3)4;3-2(4,5)1(6)7/h5-10,15-17H,11-14H2,1-4H3;(H,6,7). The summed E-state index contributed by atoms with van der Waals surface area (Å²) in [5, 5.41) is 7.12. The maximum absolute atomic E-state index is 13.3. The van der Waals surface area contributed by atoms with Crippen LogP contribution in [0.4, 0.5) is 13.2 Å². The smallest absolute Gasteiger partial charge is 0.475 e. The molecule has 3 aromatic rings. The van der Waals surface area contributed by atoms with Gasteiger partial charge in [0.2, 0.25) is 0 Å². The van der Waals surface area contributed by atoms with Crippen LogP contribution in [-0.2, 0) is 4.79 Å². The molecule has 35 heavy (non-hydrogen) atoms. The molecule has 1 amide bonds. The molecular weight excluding hydrogens is 463 g/mol. The highest BCUT2D eigenvalue weighted by Gasteiger charge is 2.38. The Morgan fingerprint density at radius 1 is 0.971 bits per heavy atom. The van der Waals surface area contributed by atoms with E-state index in [0.717, 1.165) is 43.1 Å². The minimum Gasteiger partial charge on any atom is -0.475 e. The summed E-state index contributed by atoms with van der Waals surface area (Å²) in [4.78, 5) is 31.3. The van der Waals surface area contributed by atoms with E-state index in [1.165, 1.54) is 0 Å². The number of amides is 1. The fourth-order valence-electron chi connectivity index (χ4n) is 3.86. The lowest BCUT2D eigenvalue weighted by atomic mass is 10.2. The molecule has 4 rings (SSSR count). The molecule has 1 saturated heterocycles. The van der Waals surface area contributed by atoms with E-state index >= 15 is 0 Å². The van der Waals surface area contributed by atoms with Crippen LogP contribution >= 0.6 is 0 Å². The fourth-order valence-corrected chi connectivity index (χ4v) is 3.86. The van der Waals surface area contributed by atoms with Gasteiger partial charge in [0.05, 0.1) is 5.52 Å². The summed E-state index contributed by atoms with van der Waals surface area (Å²) in [6, 6.07) is 8.90. The maximum atomic E-state index is 13.3. The number of alkyl halides is 3. The predicted octanol–water partition coefficient (Wildman–Crippen LogP) is 4.18. The molecule has 4 heterocycles. The third kappa shape index (κ3) is 6.02. The Balaban J connectivity index is 0.000000429. The number of pyridine rings is 1. The van der Waals surface area contributed by atoms with Crippen LogP contribution in [0.25, 0.3) is 16.9 Å². The number of hydrogen-bond donors (Lipinski definition) is 1. The Bertz CT molecular complexity index is 1170. The van der Waals surface area contributed by atoms with Gasteiger partial charge < -0.3 is 14.6 Å². The van der Waals surface area contributed by atoms with E-state index in [2.05, 4.69) is 55.6 Å². The van der Waals surface area contributed by atoms with Crippen molar-refractivity contribution in [2.24, 2.45) is 0 Å². The molecule has 0 spiro atoms. The first-order valence-electron chi connectivity index (χ1n) is 11.4. The number of carbonyl (C=O) groups excluding carboxylic acids is 1. The van der Waals surface area contributed by atoms with Gasteiger partial charge in [0.25, 0.3) is 5.91 Å². The predicted molar refractivity (Wildman–Crippen MR) is 125 cm³/mol. The van der Waals surface area contributed by atoms with Crippen LogP contribution in [0.3, 0.4) is 0 Å². The summed E-state index contributed by atoms with van der Waals surface area (Å²) in [7, 11) is 0. The molecule has 8 nitrogen and oxygen atoms in total. The van der Waals surface area contributed by atoms with Gasteiger partial charge in [-0.1, -0.05) is 6.07 Å². The van der Waals surface area contributed by atoms with Crippen LogP contribution in [-0.4, -0.2) is 79.1 Å². The van der Waals surface area contributed by atoms with Crippen LogP contribution in [0.2, 0.25) is 0 Å². The van der Waals surface area contributed by atoms with Gasteiger partial charge in [-0.2, -0.15) is 13.2 Å². The molecular formula is C24H30F3N5O3. The average Bonchev–Trinajstić information content (AvgIpc) is 3.44. The highest BCUT2D eigenvalue weighted by Crippen LogP contribution is 2.25. The lowest BCUT2D eigenvalue weighted by Crippen LogP contribution is -2.50. The van der Waals surface area contributed by atoms with Crippen molar-refractivity contribution < 1.29 is 27.9 Å². The maximum Gasteiger partial charge on any atom is 0.490 e. The van der Waals surface area contributed by atoms with Gasteiger partial charge in [-0.05, 0) is 45.9 Å². The molecule has 0 aliphatic carbocycles. The number of nitrogens with zero attached hydrogens (tertiary/aromatic N) is 5. The van der Waals surface area contributed by atoms with Crippen molar-refractivity contribution in [3.8, 4) is 11.4 Å². The van der Waals surface area contributed by atoms with Crippen LogP contribution < -0.4 is 0 Å². The largest absolute Gasteiger partial charge is 0.490 e. The van der Waals surface area contributed by atoms with Gasteiger partial charge in [-0.3, -0.25) is 14.1 Å². The number of carboxylic acids is 1. The monoisotopic (exact) mass is 493 g/mol. The third-order valence-electron chi connectivity index (χ3n) is 5.89. The van der Waals surface area contributed by atoms with E-state index in [1.807, 2.05) is 33.7 Å². The number of halogens is 3. The lowest BCUT2D eigenvalue weighted by molar-refractivity contribution is -0.192. The van der Waals surface area contributed by atoms with Crippen LogP contribution in [0.5, 0.6) is 0 Å². The van der Waals surface area contributed by atoms with Crippen LogP contribution in [0.15, 0.2) is 42.9 Å². The summed E-state index contributed by atoms with van der Waals surface area (Å²) in [5.74, 6) is -1.91. The number of hydrogen-bond acceptors (Lipinski definition) is 4. The average molecular weight is 494 g/mol. The first-order valence-corrected chi connectivity index (χ1v) is 11.4. The Morgan fingerprint density at radius 3 is 2.11 bits per heavy atom. The summed E-state index contributed by atoms with van der Waals surface area (Å²) >= 11 is 0. The Labute approximate surface area is 201 Å². The number of imidazole rings is 1. The van der Waals surface area contributed by atoms with Gasteiger partial charge in [-0.15, -0.1) is 0 Å². The van der Waals surface area contributed by atoms with Gasteiger partial charge in [0.1, 0.15) is 5.82 Å². The topological polar surface area (TPSA) is 83.1 Å². The minimum atomic E-state index is -5.08. The summed E-state index contributed by atoms with van der Waals surface area (Å²) < 4.78 is 35.9. The van der Waals surface area contributed by atoms with E-state index in [-0.39, 0.29) is 5.91 Å². The van der Waals surface area contributed by atoms with Crippen molar-refractivity contribution in [1.82, 2.24) is 23.8 Å². The van der Waals surface area contributed by atoms with Crippen molar-refractivity contribution in [2.45, 2.75) is 46.0 Å². The van der Waals surface area contributed by atoms with Gasteiger partial charge >= 0.3 is 12.1 Å². The zero-order valence-electron chi connectivity index (χ0n) is 20.2. The number of fused-ring (bicyclic) bond motifs is 1. The first-order chi connectivity index (χ1) is 16.4. The summed E-state index contributed by atoms with van der Waals surface area (Å²) in [6.45, 7) is 12.0. The van der Waals surface area contributed by atoms with E-state index in [1.54, 1.807) is 0 Å². The van der Waals surface area contributed by atoms with E-state index in [0.29, 0.717) is 17.8 Å². The van der Waals surface area contributed by atoms with Crippen molar-refractivity contribution in [2.75, 3.05) is 26.2 Å². The molecule has 0 unspecified atom stereocenters. The lowest BCUT2D eigenvalue weighted by Gasteiger charge is -2.36. The molecule has 0 radical (unpaired) electrons. The Hall–Kier alpha value is -3.34. The SMILES string of the molecule is CC(C)N1CCN(C(=O)c2nc(-c3ccn(C(C)C)c3)n3ccccc23)CC1.O=C(O)C(F)(F)F.